The lowest BCUT2D eigenvalue weighted by atomic mass is 9.68. The zero-order valence-corrected chi connectivity index (χ0v) is 23.9. The van der Waals surface area contributed by atoms with Crippen LogP contribution in [0, 0.1) is 5.41 Å². The molecule has 2 unspecified atom stereocenters. The molecule has 5 rings (SSSR count). The lowest BCUT2D eigenvalue weighted by molar-refractivity contribution is -0.175. The molecule has 0 saturated carbocycles. The highest BCUT2D eigenvalue weighted by atomic mass is 16.5. The summed E-state index contributed by atoms with van der Waals surface area (Å²) in [5, 5.41) is 17.9. The molecule has 0 radical (unpaired) electrons. The van der Waals surface area contributed by atoms with Crippen molar-refractivity contribution in [3.63, 3.8) is 0 Å². The smallest absolute Gasteiger partial charge is 0.355 e. The molecule has 3 heterocycles. The molecule has 3 aliphatic rings. The summed E-state index contributed by atoms with van der Waals surface area (Å²) >= 11 is 0. The van der Waals surface area contributed by atoms with Crippen molar-refractivity contribution in [3.8, 4) is 5.75 Å². The lowest BCUT2D eigenvalue weighted by Gasteiger charge is -2.48. The molecule has 2 aromatic carbocycles. The summed E-state index contributed by atoms with van der Waals surface area (Å²) in [7, 11) is 1.50. The number of esters is 2. The van der Waals surface area contributed by atoms with Crippen LogP contribution in [0.5, 0.6) is 5.75 Å². The molecule has 0 spiro atoms. The van der Waals surface area contributed by atoms with Crippen LogP contribution in [0.15, 0.2) is 53.6 Å². The Hall–Kier alpha value is -4.45. The molecule has 1 N–H and O–H groups in total. The van der Waals surface area contributed by atoms with Gasteiger partial charge in [0.05, 0.1) is 26.0 Å². The minimum Gasteiger partial charge on any atom is -0.497 e. The Bertz CT molecular complexity index is 1410. The first-order chi connectivity index (χ1) is 20.2. The van der Waals surface area contributed by atoms with Gasteiger partial charge in [-0.15, -0.1) is 0 Å². The van der Waals surface area contributed by atoms with Gasteiger partial charge in [0.1, 0.15) is 5.75 Å². The van der Waals surface area contributed by atoms with E-state index >= 15 is 0 Å². The third kappa shape index (κ3) is 4.46. The zero-order valence-electron chi connectivity index (χ0n) is 23.9. The summed E-state index contributed by atoms with van der Waals surface area (Å²) in [4.78, 5) is 56.9. The van der Waals surface area contributed by atoms with Crippen molar-refractivity contribution in [3.05, 3.63) is 48.5 Å². The number of amides is 2. The molecule has 222 valence electrons. The van der Waals surface area contributed by atoms with Gasteiger partial charge in [-0.2, -0.15) is 5.10 Å². The van der Waals surface area contributed by atoms with Crippen LogP contribution in [0.25, 0.3) is 0 Å². The lowest BCUT2D eigenvalue weighted by Crippen LogP contribution is -2.73. The third-order valence-electron chi connectivity index (χ3n) is 7.97. The van der Waals surface area contributed by atoms with Crippen LogP contribution in [0.3, 0.4) is 0 Å². The van der Waals surface area contributed by atoms with Gasteiger partial charge in [-0.25, -0.2) is 9.80 Å². The minimum atomic E-state index is -2.67. The second-order valence-electron chi connectivity index (χ2n) is 10.2. The van der Waals surface area contributed by atoms with E-state index in [0.29, 0.717) is 30.1 Å². The SMILES string of the molecule is CCOC(=O)C1=NN(c2ccc(OC)cc2)C2(O)C(=O)N(c3ccc(N4CCCCC4=O)cc3)CCC12C(=O)OCC. The number of ether oxygens (including phenoxy) is 3. The number of hydrogen-bond donors (Lipinski definition) is 1. The summed E-state index contributed by atoms with van der Waals surface area (Å²) in [6.45, 7) is 3.72. The monoisotopic (exact) mass is 578 g/mol. The molecule has 12 heteroatoms. The maximum absolute atomic E-state index is 14.4. The highest BCUT2D eigenvalue weighted by Crippen LogP contribution is 2.52. The number of rotatable bonds is 8. The van der Waals surface area contributed by atoms with Crippen LogP contribution in [0.4, 0.5) is 17.1 Å². The number of methoxy groups -OCH3 is 1. The van der Waals surface area contributed by atoms with Crippen molar-refractivity contribution in [1.29, 1.82) is 0 Å². The fourth-order valence-corrected chi connectivity index (χ4v) is 5.85. The number of fused-ring (bicyclic) bond motifs is 1. The van der Waals surface area contributed by atoms with E-state index in [1.54, 1.807) is 67.3 Å². The van der Waals surface area contributed by atoms with Crippen LogP contribution in [0.1, 0.15) is 39.5 Å². The average Bonchev–Trinajstić information content (AvgIpc) is 3.29. The first kappa shape index (κ1) is 29.1. The van der Waals surface area contributed by atoms with Gasteiger partial charge >= 0.3 is 11.9 Å². The van der Waals surface area contributed by atoms with Crippen molar-refractivity contribution in [2.24, 2.45) is 10.5 Å². The van der Waals surface area contributed by atoms with Gasteiger partial charge in [-0.3, -0.25) is 14.4 Å². The fraction of sp³-hybridized carbons (Fsp3) is 0.433. The molecule has 0 aliphatic carbocycles. The van der Waals surface area contributed by atoms with E-state index in [4.69, 9.17) is 14.2 Å². The van der Waals surface area contributed by atoms with Gasteiger partial charge in [-0.05, 0) is 81.6 Å². The van der Waals surface area contributed by atoms with Gasteiger partial charge in [0.15, 0.2) is 11.1 Å². The molecule has 2 amide bonds. The number of benzene rings is 2. The number of carbonyl (C=O) groups is 4. The van der Waals surface area contributed by atoms with E-state index < -0.39 is 34.7 Å². The Morgan fingerprint density at radius 3 is 2.10 bits per heavy atom. The quantitative estimate of drug-likeness (QED) is 0.469. The first-order valence-electron chi connectivity index (χ1n) is 14.0. The van der Waals surface area contributed by atoms with Gasteiger partial charge in [-0.1, -0.05) is 0 Å². The molecule has 3 aliphatic heterocycles. The molecule has 42 heavy (non-hydrogen) atoms. The van der Waals surface area contributed by atoms with Crippen molar-refractivity contribution < 1.29 is 38.5 Å². The van der Waals surface area contributed by atoms with Crippen LogP contribution < -0.4 is 19.5 Å². The number of nitrogens with zero attached hydrogens (tertiary/aromatic N) is 4. The summed E-state index contributed by atoms with van der Waals surface area (Å²) in [5.74, 6) is -2.21. The second kappa shape index (κ2) is 11.4. The van der Waals surface area contributed by atoms with E-state index in [1.807, 2.05) is 0 Å². The van der Waals surface area contributed by atoms with Gasteiger partial charge in [0, 0.05) is 30.9 Å². The first-order valence-corrected chi connectivity index (χ1v) is 14.0. The van der Waals surface area contributed by atoms with Crippen LogP contribution in [-0.2, 0) is 28.7 Å². The molecule has 0 aromatic heterocycles. The van der Waals surface area contributed by atoms with E-state index in [-0.39, 0.29) is 37.8 Å². The standard InChI is InChI=1S/C30H34N4O8/c1-4-41-26(36)25-29(28(38)42-5-2)17-19-33(21-11-9-20(10-12-21)32-18-7-6-8-24(32)35)27(37)30(29,39)34(31-25)22-13-15-23(40-3)16-14-22/h9-16,39H,4-8,17-19H2,1-3H3. The molecular weight excluding hydrogens is 544 g/mol. The summed E-state index contributed by atoms with van der Waals surface area (Å²) < 4.78 is 15.8. The maximum atomic E-state index is 14.4. The molecule has 0 bridgehead atoms. The zero-order chi connectivity index (χ0) is 30.1. The minimum absolute atomic E-state index is 0.0103. The molecule has 2 fully saturated rings. The highest BCUT2D eigenvalue weighted by molar-refractivity contribution is 6.45. The Labute approximate surface area is 243 Å². The van der Waals surface area contributed by atoms with Gasteiger partial charge < -0.3 is 29.1 Å². The van der Waals surface area contributed by atoms with Crippen molar-refractivity contribution in [2.75, 3.05) is 48.2 Å². The number of anilines is 3. The molecule has 12 nitrogen and oxygen atoms in total. The van der Waals surface area contributed by atoms with Gasteiger partial charge in [0.2, 0.25) is 5.91 Å². The van der Waals surface area contributed by atoms with Crippen molar-refractivity contribution in [2.45, 2.75) is 45.3 Å². The number of carbonyl (C=O) groups excluding carboxylic acids is 4. The Morgan fingerprint density at radius 1 is 0.881 bits per heavy atom. The van der Waals surface area contributed by atoms with Crippen LogP contribution in [0.2, 0.25) is 0 Å². The average molecular weight is 579 g/mol. The predicted octanol–water partition coefficient (Wildman–Crippen LogP) is 2.63. The largest absolute Gasteiger partial charge is 0.497 e. The molecule has 2 aromatic rings. The molecule has 2 saturated heterocycles. The van der Waals surface area contributed by atoms with E-state index in [0.717, 1.165) is 17.9 Å². The Morgan fingerprint density at radius 2 is 1.50 bits per heavy atom. The van der Waals surface area contributed by atoms with Crippen molar-refractivity contribution >= 4 is 46.5 Å². The summed E-state index contributed by atoms with van der Waals surface area (Å²) in [6.07, 6.45) is 2.08. The van der Waals surface area contributed by atoms with Crippen molar-refractivity contribution in [1.82, 2.24) is 0 Å². The Balaban J connectivity index is 1.59. The summed E-state index contributed by atoms with van der Waals surface area (Å²) in [5.41, 5.74) is -3.86. The normalized spacial score (nSPS) is 23.8. The number of hydrogen-bond acceptors (Lipinski definition) is 10. The summed E-state index contributed by atoms with van der Waals surface area (Å²) in [6, 6.07) is 13.2. The van der Waals surface area contributed by atoms with E-state index in [1.165, 1.54) is 12.0 Å². The van der Waals surface area contributed by atoms with Crippen LogP contribution >= 0.6 is 0 Å². The maximum Gasteiger partial charge on any atom is 0.355 e. The number of hydrazone groups is 1. The van der Waals surface area contributed by atoms with Crippen LogP contribution in [-0.4, -0.2) is 73.7 Å². The second-order valence-corrected chi connectivity index (χ2v) is 10.2. The number of aliphatic hydroxyl groups is 1. The third-order valence-corrected chi connectivity index (χ3v) is 7.97. The van der Waals surface area contributed by atoms with Gasteiger partial charge in [0.25, 0.3) is 11.6 Å². The topological polar surface area (TPSA) is 138 Å². The van der Waals surface area contributed by atoms with E-state index in [9.17, 15) is 24.3 Å². The molecular formula is C30H34N4O8. The number of piperidine rings is 2. The fourth-order valence-electron chi connectivity index (χ4n) is 5.85. The predicted molar refractivity (Wildman–Crippen MR) is 153 cm³/mol. The molecule has 2 atom stereocenters. The highest BCUT2D eigenvalue weighted by Gasteiger charge is 2.76. The van der Waals surface area contributed by atoms with E-state index in [2.05, 4.69) is 5.10 Å². The Kier molecular flexibility index (Phi) is 7.91.